The van der Waals surface area contributed by atoms with E-state index in [9.17, 15) is 9.59 Å². The van der Waals surface area contributed by atoms with Gasteiger partial charge < -0.3 is 42.3 Å². The van der Waals surface area contributed by atoms with Crippen molar-refractivity contribution in [3.05, 3.63) is 96.6 Å². The monoisotopic (exact) mass is 862 g/mol. The molecule has 6 atom stereocenters. The van der Waals surface area contributed by atoms with Gasteiger partial charge in [0.2, 0.25) is 0 Å². The molecule has 336 valence electrons. The normalized spacial score (nSPS) is 20.4. The molecule has 2 aliphatic rings. The van der Waals surface area contributed by atoms with Gasteiger partial charge in [0, 0.05) is 32.7 Å². The van der Waals surface area contributed by atoms with Crippen LogP contribution in [0, 0.1) is 11.3 Å². The lowest BCUT2D eigenvalue weighted by Gasteiger charge is -2.43. The number of ketones is 1. The van der Waals surface area contributed by atoms with E-state index in [0.29, 0.717) is 38.4 Å². The van der Waals surface area contributed by atoms with Crippen molar-refractivity contribution in [1.82, 2.24) is 0 Å². The van der Waals surface area contributed by atoms with E-state index in [1.54, 1.807) is 31.4 Å². The Labute approximate surface area is 365 Å². The second kappa shape index (κ2) is 22.4. The van der Waals surface area contributed by atoms with Gasteiger partial charge in [0.25, 0.3) is 8.32 Å². The average molecular weight is 863 g/mol. The van der Waals surface area contributed by atoms with Crippen LogP contribution in [0.15, 0.2) is 91.0 Å². The summed E-state index contributed by atoms with van der Waals surface area (Å²) in [4.78, 5) is 28.8. The SMILES string of the molecule is COCCOCO[C@@H]([C@H]1COC(C)(C)O1)C(C)(C)C(=O)C[C@@H](OC(=O)c1ccccc1)[C@H](C)[C@H](CCO[Si](c1ccccc1)(c1ccccc1)C(C)(C)C)OC1CCCCO1. The number of carbonyl (C=O) groups excluding carboxylic acids is 2. The van der Waals surface area contributed by atoms with E-state index < -0.39 is 62.1 Å². The van der Waals surface area contributed by atoms with Crippen LogP contribution in [0.2, 0.25) is 5.04 Å². The highest BCUT2D eigenvalue weighted by Crippen LogP contribution is 2.39. The van der Waals surface area contributed by atoms with Gasteiger partial charge in [-0.2, -0.15) is 0 Å². The Balaban J connectivity index is 1.46. The van der Waals surface area contributed by atoms with Crippen LogP contribution in [-0.2, 0) is 47.1 Å². The molecule has 0 bridgehead atoms. The number of ether oxygens (including phenoxy) is 8. The Morgan fingerprint density at radius 3 is 2.00 bits per heavy atom. The van der Waals surface area contributed by atoms with Crippen LogP contribution in [0.4, 0.5) is 0 Å². The standard InChI is InChI=1S/C49H70O11Si/c1-36(40(58-44-27-19-20-29-54-44)28-30-57-61(47(2,3)4,38-23-15-11-16-24-38)39-25-17-12-18-26-39)41(59-46(51)37-21-13-10-14-22-37)33-43(50)48(5,6)45(55-35-53-32-31-52-9)42-34-56-49(7,8)60-42/h10-18,21-26,36,40-42,44-45H,19-20,27-35H2,1-9H3/t36-,40+,41-,42-,44?,45+/m1/s1. The zero-order valence-electron chi connectivity index (χ0n) is 37.9. The zero-order chi connectivity index (χ0) is 44.1. The summed E-state index contributed by atoms with van der Waals surface area (Å²) in [5.74, 6) is -2.00. The van der Waals surface area contributed by atoms with Crippen molar-refractivity contribution >= 4 is 30.4 Å². The van der Waals surface area contributed by atoms with E-state index in [1.165, 1.54) is 10.4 Å². The Morgan fingerprint density at radius 1 is 0.836 bits per heavy atom. The second-order valence-electron chi connectivity index (χ2n) is 18.3. The van der Waals surface area contributed by atoms with Gasteiger partial charge in [-0.25, -0.2) is 4.79 Å². The molecular formula is C49H70O11Si. The summed E-state index contributed by atoms with van der Waals surface area (Å²) in [7, 11) is -1.29. The van der Waals surface area contributed by atoms with E-state index in [1.807, 2.05) is 52.8 Å². The maximum absolute atomic E-state index is 14.9. The first-order valence-electron chi connectivity index (χ1n) is 21.9. The van der Waals surface area contributed by atoms with Crippen molar-refractivity contribution in [2.45, 2.75) is 129 Å². The molecular weight excluding hydrogens is 793 g/mol. The highest BCUT2D eigenvalue weighted by molar-refractivity contribution is 6.99. The highest BCUT2D eigenvalue weighted by atomic mass is 28.4. The van der Waals surface area contributed by atoms with E-state index in [-0.39, 0.29) is 30.6 Å². The van der Waals surface area contributed by atoms with Crippen molar-refractivity contribution in [2.24, 2.45) is 11.3 Å². The molecule has 2 fully saturated rings. The molecule has 0 aromatic heterocycles. The summed E-state index contributed by atoms with van der Waals surface area (Å²) in [6.45, 7) is 18.0. The van der Waals surface area contributed by atoms with E-state index >= 15 is 0 Å². The van der Waals surface area contributed by atoms with Crippen LogP contribution in [0.3, 0.4) is 0 Å². The number of carbonyl (C=O) groups is 2. The maximum Gasteiger partial charge on any atom is 0.338 e. The number of rotatable bonds is 23. The molecule has 0 N–H and O–H groups in total. The first kappa shape index (κ1) is 48.7. The van der Waals surface area contributed by atoms with E-state index in [0.717, 1.165) is 19.3 Å². The first-order chi connectivity index (χ1) is 29.1. The predicted molar refractivity (Wildman–Crippen MR) is 237 cm³/mol. The molecule has 2 aliphatic heterocycles. The third kappa shape index (κ3) is 12.9. The lowest BCUT2D eigenvalue weighted by Crippen LogP contribution is -2.66. The molecule has 3 aromatic carbocycles. The summed E-state index contributed by atoms with van der Waals surface area (Å²) in [6.07, 6.45) is -0.0698. The van der Waals surface area contributed by atoms with Crippen LogP contribution in [-0.4, -0.2) is 104 Å². The Hall–Kier alpha value is -3.30. The predicted octanol–water partition coefficient (Wildman–Crippen LogP) is 7.87. The lowest BCUT2D eigenvalue weighted by atomic mass is 9.76. The third-order valence-electron chi connectivity index (χ3n) is 12.0. The molecule has 0 spiro atoms. The van der Waals surface area contributed by atoms with Crippen molar-refractivity contribution in [1.29, 1.82) is 0 Å². The van der Waals surface area contributed by atoms with Gasteiger partial charge >= 0.3 is 5.97 Å². The van der Waals surface area contributed by atoms with Crippen LogP contribution in [0.25, 0.3) is 0 Å². The van der Waals surface area contributed by atoms with Gasteiger partial charge in [0.15, 0.2) is 12.1 Å². The molecule has 0 radical (unpaired) electrons. The number of hydrogen-bond donors (Lipinski definition) is 0. The number of benzene rings is 3. The topological polar surface area (TPSA) is 117 Å². The average Bonchev–Trinajstić information content (AvgIpc) is 3.61. The molecule has 0 aliphatic carbocycles. The Morgan fingerprint density at radius 2 is 1.46 bits per heavy atom. The van der Waals surface area contributed by atoms with Crippen molar-refractivity contribution in [3.63, 3.8) is 0 Å². The van der Waals surface area contributed by atoms with E-state index in [2.05, 4.69) is 69.3 Å². The highest BCUT2D eigenvalue weighted by Gasteiger charge is 2.51. The molecule has 61 heavy (non-hydrogen) atoms. The Kier molecular flexibility index (Phi) is 17.9. The molecule has 0 amide bonds. The molecule has 2 saturated heterocycles. The fourth-order valence-electron chi connectivity index (χ4n) is 8.48. The zero-order valence-corrected chi connectivity index (χ0v) is 38.9. The van der Waals surface area contributed by atoms with Crippen molar-refractivity contribution in [3.8, 4) is 0 Å². The molecule has 12 heteroatoms. The van der Waals surface area contributed by atoms with Crippen LogP contribution >= 0.6 is 0 Å². The minimum absolute atomic E-state index is 0.0729. The number of Topliss-reactive ketones (excluding diaryl/α,β-unsaturated/α-hetero) is 1. The molecule has 11 nitrogen and oxygen atoms in total. The number of methoxy groups -OCH3 is 1. The first-order valence-corrected chi connectivity index (χ1v) is 23.8. The fourth-order valence-corrected chi connectivity index (χ4v) is 13.1. The fraction of sp³-hybridized carbons (Fsp3) is 0.592. The summed E-state index contributed by atoms with van der Waals surface area (Å²) in [6, 6.07) is 29.9. The smallest absolute Gasteiger partial charge is 0.338 e. The van der Waals surface area contributed by atoms with Crippen molar-refractivity contribution < 1.29 is 51.9 Å². The van der Waals surface area contributed by atoms with E-state index in [4.69, 9.17) is 42.3 Å². The number of hydrogen-bond acceptors (Lipinski definition) is 11. The van der Waals surface area contributed by atoms with Crippen LogP contribution in [0.5, 0.6) is 0 Å². The van der Waals surface area contributed by atoms with Gasteiger partial charge in [-0.05, 0) is 67.1 Å². The summed E-state index contributed by atoms with van der Waals surface area (Å²) in [5, 5.41) is 2.13. The second-order valence-corrected chi connectivity index (χ2v) is 22.6. The van der Waals surface area contributed by atoms with Gasteiger partial charge in [0.05, 0.1) is 36.9 Å². The molecule has 1 unspecified atom stereocenters. The third-order valence-corrected chi connectivity index (χ3v) is 17.0. The quantitative estimate of drug-likeness (QED) is 0.0402. The minimum atomic E-state index is -2.89. The molecule has 3 aromatic rings. The largest absolute Gasteiger partial charge is 0.458 e. The minimum Gasteiger partial charge on any atom is -0.458 e. The maximum atomic E-state index is 14.9. The van der Waals surface area contributed by atoms with Gasteiger partial charge in [0.1, 0.15) is 30.9 Å². The molecule has 0 saturated carbocycles. The lowest BCUT2D eigenvalue weighted by molar-refractivity contribution is -0.207. The Bertz CT molecular complexity index is 1720. The molecule has 5 rings (SSSR count). The summed E-state index contributed by atoms with van der Waals surface area (Å²) >= 11 is 0. The number of esters is 1. The summed E-state index contributed by atoms with van der Waals surface area (Å²) < 4.78 is 56.1. The van der Waals surface area contributed by atoms with Crippen molar-refractivity contribution in [2.75, 3.05) is 46.9 Å². The van der Waals surface area contributed by atoms with Crippen LogP contribution in [0.1, 0.15) is 97.9 Å². The summed E-state index contributed by atoms with van der Waals surface area (Å²) in [5.41, 5.74) is -0.728. The van der Waals surface area contributed by atoms with Gasteiger partial charge in [-0.15, -0.1) is 0 Å². The van der Waals surface area contributed by atoms with Crippen LogP contribution < -0.4 is 10.4 Å². The van der Waals surface area contributed by atoms with Gasteiger partial charge in [-0.1, -0.05) is 120 Å². The van der Waals surface area contributed by atoms with Gasteiger partial charge in [-0.3, -0.25) is 4.79 Å². The molecule has 2 heterocycles.